The number of carbonyl (C=O) groups is 2. The normalized spacial score (nSPS) is 18.5. The highest BCUT2D eigenvalue weighted by Crippen LogP contribution is 2.32. The van der Waals surface area contributed by atoms with Crippen molar-refractivity contribution in [3.05, 3.63) is 53.8 Å². The molecule has 6 nitrogen and oxygen atoms in total. The summed E-state index contributed by atoms with van der Waals surface area (Å²) in [6, 6.07) is 10.4. The molecule has 0 radical (unpaired) electrons. The van der Waals surface area contributed by atoms with E-state index >= 15 is 0 Å². The molecule has 1 atom stereocenters. The highest BCUT2D eigenvalue weighted by Gasteiger charge is 2.32. The zero-order valence-electron chi connectivity index (χ0n) is 13.2. The summed E-state index contributed by atoms with van der Waals surface area (Å²) in [7, 11) is 0. The molecule has 2 heterocycles. The second-order valence-corrected chi connectivity index (χ2v) is 5.92. The Morgan fingerprint density at radius 3 is 2.68 bits per heavy atom. The van der Waals surface area contributed by atoms with Gasteiger partial charge in [0.05, 0.1) is 6.04 Å². The first kappa shape index (κ1) is 15.4. The summed E-state index contributed by atoms with van der Waals surface area (Å²) in [5.74, 6) is 0.390. The molecule has 0 aliphatic carbocycles. The van der Waals surface area contributed by atoms with Gasteiger partial charge in [0.25, 0.3) is 5.91 Å². The Bertz CT molecular complexity index is 837. The number of hydrogen-bond donors (Lipinski definition) is 1. The van der Waals surface area contributed by atoms with Crippen LogP contribution in [0.1, 0.15) is 16.8 Å². The molecule has 2 aromatic rings. The Morgan fingerprint density at radius 1 is 1.12 bits per heavy atom. The summed E-state index contributed by atoms with van der Waals surface area (Å²) in [6.07, 6.45) is 0.202. The van der Waals surface area contributed by atoms with Crippen LogP contribution >= 0.6 is 0 Å². The van der Waals surface area contributed by atoms with Crippen molar-refractivity contribution < 1.29 is 23.5 Å². The van der Waals surface area contributed by atoms with Crippen LogP contribution in [0.5, 0.6) is 11.5 Å². The van der Waals surface area contributed by atoms with Gasteiger partial charge >= 0.3 is 0 Å². The topological polar surface area (TPSA) is 67.9 Å². The summed E-state index contributed by atoms with van der Waals surface area (Å²) in [5, 5.41) is 2.86. The highest BCUT2D eigenvalue weighted by molar-refractivity contribution is 5.99. The third-order valence-electron chi connectivity index (χ3n) is 4.23. The zero-order valence-corrected chi connectivity index (χ0v) is 13.2. The van der Waals surface area contributed by atoms with Crippen molar-refractivity contribution >= 4 is 17.5 Å². The Morgan fingerprint density at radius 2 is 1.88 bits per heavy atom. The van der Waals surface area contributed by atoms with E-state index in [1.54, 1.807) is 35.2 Å². The van der Waals surface area contributed by atoms with Gasteiger partial charge in [0, 0.05) is 24.2 Å². The van der Waals surface area contributed by atoms with E-state index in [-0.39, 0.29) is 36.9 Å². The number of nitrogens with one attached hydrogen (secondary N) is 1. The van der Waals surface area contributed by atoms with Crippen LogP contribution in [0.2, 0.25) is 0 Å². The predicted molar refractivity (Wildman–Crippen MR) is 87.2 cm³/mol. The van der Waals surface area contributed by atoms with Gasteiger partial charge in [-0.05, 0) is 42.5 Å². The van der Waals surface area contributed by atoms with Gasteiger partial charge in [-0.3, -0.25) is 9.59 Å². The van der Waals surface area contributed by atoms with E-state index in [0.29, 0.717) is 29.3 Å². The largest absolute Gasteiger partial charge is 0.454 e. The molecule has 2 amide bonds. The fourth-order valence-corrected chi connectivity index (χ4v) is 2.98. The van der Waals surface area contributed by atoms with E-state index in [4.69, 9.17) is 9.47 Å². The predicted octanol–water partition coefficient (Wildman–Crippen LogP) is 2.09. The summed E-state index contributed by atoms with van der Waals surface area (Å²) in [4.78, 5) is 26.1. The Hall–Kier alpha value is -3.09. The van der Waals surface area contributed by atoms with Crippen LogP contribution in [0.3, 0.4) is 0 Å². The Labute approximate surface area is 143 Å². The van der Waals surface area contributed by atoms with Crippen LogP contribution in [0, 0.1) is 5.82 Å². The first-order chi connectivity index (χ1) is 12.1. The highest BCUT2D eigenvalue weighted by atomic mass is 19.1. The molecule has 0 bridgehead atoms. The van der Waals surface area contributed by atoms with Gasteiger partial charge in [-0.25, -0.2) is 4.39 Å². The first-order valence-corrected chi connectivity index (χ1v) is 7.86. The lowest BCUT2D eigenvalue weighted by molar-refractivity contribution is -0.117. The van der Waals surface area contributed by atoms with Gasteiger partial charge in [-0.15, -0.1) is 0 Å². The lowest BCUT2D eigenvalue weighted by Crippen LogP contribution is -2.37. The zero-order chi connectivity index (χ0) is 17.4. The van der Waals surface area contributed by atoms with E-state index < -0.39 is 0 Å². The van der Waals surface area contributed by atoms with Crippen LogP contribution < -0.4 is 19.7 Å². The number of benzene rings is 2. The van der Waals surface area contributed by atoms with E-state index in [2.05, 4.69) is 5.32 Å². The second kappa shape index (κ2) is 6.08. The number of ether oxygens (including phenoxy) is 2. The minimum atomic E-state index is -0.358. The molecule has 0 unspecified atom stereocenters. The van der Waals surface area contributed by atoms with Crippen molar-refractivity contribution in [2.45, 2.75) is 12.5 Å². The molecule has 2 aromatic carbocycles. The molecule has 2 aliphatic rings. The Kier molecular flexibility index (Phi) is 3.76. The molecule has 128 valence electrons. The Balaban J connectivity index is 1.44. The number of fused-ring (bicyclic) bond motifs is 1. The molecule has 1 saturated heterocycles. The summed E-state index contributed by atoms with van der Waals surface area (Å²) < 4.78 is 23.5. The van der Waals surface area contributed by atoms with Crippen molar-refractivity contribution in [1.82, 2.24) is 5.32 Å². The molecule has 1 fully saturated rings. The SMILES string of the molecule is O=C(N[C@H]1CC(=O)N(c2ccc(F)cc2)C1)c1ccc2c(c1)OCO2. The van der Waals surface area contributed by atoms with E-state index in [9.17, 15) is 14.0 Å². The van der Waals surface area contributed by atoms with Crippen LogP contribution in [-0.4, -0.2) is 31.2 Å². The number of carbonyl (C=O) groups excluding carboxylic acids is 2. The lowest BCUT2D eigenvalue weighted by Gasteiger charge is -2.17. The first-order valence-electron chi connectivity index (χ1n) is 7.86. The second-order valence-electron chi connectivity index (χ2n) is 5.92. The number of rotatable bonds is 3. The molecule has 4 rings (SSSR count). The summed E-state index contributed by atoms with van der Waals surface area (Å²) in [6.45, 7) is 0.491. The van der Waals surface area contributed by atoms with E-state index in [0.717, 1.165) is 0 Å². The average Bonchev–Trinajstić information content (AvgIpc) is 3.21. The van der Waals surface area contributed by atoms with Crippen molar-refractivity contribution in [1.29, 1.82) is 0 Å². The number of halogens is 1. The van der Waals surface area contributed by atoms with Gasteiger partial charge in [0.1, 0.15) is 5.82 Å². The van der Waals surface area contributed by atoms with Crippen molar-refractivity contribution in [2.24, 2.45) is 0 Å². The third kappa shape index (κ3) is 3.00. The van der Waals surface area contributed by atoms with Gasteiger partial charge in [-0.1, -0.05) is 0 Å². The van der Waals surface area contributed by atoms with Gasteiger partial charge in [0.2, 0.25) is 12.7 Å². The maximum absolute atomic E-state index is 13.0. The summed E-state index contributed by atoms with van der Waals surface area (Å²) in [5.41, 5.74) is 1.06. The van der Waals surface area contributed by atoms with Crippen molar-refractivity contribution in [3.63, 3.8) is 0 Å². The van der Waals surface area contributed by atoms with Crippen molar-refractivity contribution in [2.75, 3.05) is 18.2 Å². The maximum Gasteiger partial charge on any atom is 0.251 e. The van der Waals surface area contributed by atoms with Gasteiger partial charge < -0.3 is 19.7 Å². The molecular formula is C18H15FN2O4. The van der Waals surface area contributed by atoms with Gasteiger partial charge in [0.15, 0.2) is 11.5 Å². The molecule has 2 aliphatic heterocycles. The molecule has 7 heteroatoms. The molecule has 0 saturated carbocycles. The minimum Gasteiger partial charge on any atom is -0.454 e. The molecule has 0 aromatic heterocycles. The average molecular weight is 342 g/mol. The van der Waals surface area contributed by atoms with Crippen molar-refractivity contribution in [3.8, 4) is 11.5 Å². The standard InChI is InChI=1S/C18H15FN2O4/c19-12-2-4-14(5-3-12)21-9-13(8-17(21)22)20-18(23)11-1-6-15-16(7-11)25-10-24-15/h1-7,13H,8-10H2,(H,20,23)/t13-/m0/s1. The molecular weight excluding hydrogens is 327 g/mol. The smallest absolute Gasteiger partial charge is 0.251 e. The van der Waals surface area contributed by atoms with Crippen LogP contribution in [-0.2, 0) is 4.79 Å². The molecule has 0 spiro atoms. The van der Waals surface area contributed by atoms with Crippen LogP contribution in [0.4, 0.5) is 10.1 Å². The van der Waals surface area contributed by atoms with E-state index in [1.807, 2.05) is 0 Å². The van der Waals surface area contributed by atoms with Gasteiger partial charge in [-0.2, -0.15) is 0 Å². The summed E-state index contributed by atoms with van der Waals surface area (Å²) >= 11 is 0. The van der Waals surface area contributed by atoms with E-state index in [1.165, 1.54) is 12.1 Å². The number of anilines is 1. The lowest BCUT2D eigenvalue weighted by atomic mass is 10.1. The maximum atomic E-state index is 13.0. The quantitative estimate of drug-likeness (QED) is 0.927. The molecule has 1 N–H and O–H groups in total. The third-order valence-corrected chi connectivity index (χ3v) is 4.23. The van der Waals surface area contributed by atoms with Crippen LogP contribution in [0.15, 0.2) is 42.5 Å². The fourth-order valence-electron chi connectivity index (χ4n) is 2.98. The fraction of sp³-hybridized carbons (Fsp3) is 0.222. The number of nitrogens with zero attached hydrogens (tertiary/aromatic N) is 1. The molecule has 25 heavy (non-hydrogen) atoms. The monoisotopic (exact) mass is 342 g/mol. The number of amides is 2. The minimum absolute atomic E-state index is 0.109. The van der Waals surface area contributed by atoms with Crippen LogP contribution in [0.25, 0.3) is 0 Å². The number of hydrogen-bond acceptors (Lipinski definition) is 4.